The fraction of sp³-hybridized carbons (Fsp3) is 0.938. The number of hydrogen-bond acceptors (Lipinski definition) is 1. The number of hydrogen-bond donors (Lipinski definition) is 0. The minimum absolute atomic E-state index is 0.133. The monoisotopic (exact) mass is 301 g/mol. The van der Waals surface area contributed by atoms with Gasteiger partial charge >= 0.3 is 0 Å². The number of rotatable bonds is 2. The van der Waals surface area contributed by atoms with Crippen LogP contribution in [0.25, 0.3) is 0 Å². The number of nitrogens with zero attached hydrogens (tertiary/aromatic N) is 1. The van der Waals surface area contributed by atoms with Crippen LogP contribution in [-0.4, -0.2) is 10.8 Å². The Hall–Kier alpha value is 0.0700. The maximum absolute atomic E-state index is 9.66. The largest absolute Gasteiger partial charge is 0.198 e. The number of nitriles is 1. The minimum Gasteiger partial charge on any atom is -0.198 e. The van der Waals surface area contributed by atoms with Gasteiger partial charge in [-0.3, -0.25) is 0 Å². The minimum atomic E-state index is 0.133. The van der Waals surface area contributed by atoms with E-state index in [0.717, 1.165) is 32.1 Å². The van der Waals surface area contributed by atoms with E-state index < -0.39 is 0 Å². The molecule has 2 aliphatic rings. The van der Waals surface area contributed by atoms with E-state index in [1.54, 1.807) is 0 Å². The summed E-state index contributed by atoms with van der Waals surface area (Å²) in [5, 5.41) is 10.2. The average Bonchev–Trinajstić information content (AvgIpc) is 2.35. The van der Waals surface area contributed by atoms with Gasteiger partial charge in [-0.2, -0.15) is 5.26 Å². The van der Waals surface area contributed by atoms with Crippen molar-refractivity contribution < 1.29 is 0 Å². The van der Waals surface area contributed by atoms with E-state index in [0.29, 0.717) is 29.0 Å². The van der Waals surface area contributed by atoms with Crippen molar-refractivity contribution in [3.8, 4) is 6.07 Å². The maximum Gasteiger partial charge on any atom is 0.0662 e. The molecule has 1 nitrogen and oxygen atoms in total. The SMILES string of the molecule is CC1CC(C)C(C(C#N)C2CCC(Cl)CC2)C(Cl)C1. The van der Waals surface area contributed by atoms with Crippen LogP contribution in [0, 0.1) is 40.9 Å². The van der Waals surface area contributed by atoms with Gasteiger partial charge in [0.1, 0.15) is 0 Å². The molecule has 0 heterocycles. The highest BCUT2D eigenvalue weighted by molar-refractivity contribution is 6.21. The molecule has 0 saturated heterocycles. The molecule has 0 radical (unpaired) electrons. The van der Waals surface area contributed by atoms with E-state index in [1.165, 1.54) is 6.42 Å². The lowest BCUT2D eigenvalue weighted by Gasteiger charge is -2.42. The van der Waals surface area contributed by atoms with Crippen LogP contribution in [0.4, 0.5) is 0 Å². The zero-order valence-corrected chi connectivity index (χ0v) is 13.5. The van der Waals surface area contributed by atoms with Crippen molar-refractivity contribution in [1.29, 1.82) is 5.26 Å². The highest BCUT2D eigenvalue weighted by Crippen LogP contribution is 2.46. The molecular weight excluding hydrogens is 277 g/mol. The fourth-order valence-corrected chi connectivity index (χ4v) is 5.27. The fourth-order valence-electron chi connectivity index (χ4n) is 4.31. The van der Waals surface area contributed by atoms with Crippen molar-refractivity contribution in [1.82, 2.24) is 0 Å². The lowest BCUT2D eigenvalue weighted by Crippen LogP contribution is -2.39. The Kier molecular flexibility index (Phi) is 5.44. The second-order valence-electron chi connectivity index (χ2n) is 6.81. The van der Waals surface area contributed by atoms with Gasteiger partial charge in [0.2, 0.25) is 0 Å². The van der Waals surface area contributed by atoms with Gasteiger partial charge in [-0.1, -0.05) is 13.8 Å². The summed E-state index contributed by atoms with van der Waals surface area (Å²) < 4.78 is 0. The molecule has 108 valence electrons. The Balaban J connectivity index is 2.06. The highest BCUT2D eigenvalue weighted by atomic mass is 35.5. The zero-order chi connectivity index (χ0) is 14.0. The highest BCUT2D eigenvalue weighted by Gasteiger charge is 2.41. The van der Waals surface area contributed by atoms with Gasteiger partial charge in [0, 0.05) is 10.8 Å². The van der Waals surface area contributed by atoms with Crippen LogP contribution < -0.4 is 0 Å². The topological polar surface area (TPSA) is 23.8 Å². The molecule has 5 unspecified atom stereocenters. The van der Waals surface area contributed by atoms with Crippen LogP contribution in [0.2, 0.25) is 0 Å². The van der Waals surface area contributed by atoms with Crippen LogP contribution in [0.1, 0.15) is 52.4 Å². The molecule has 2 saturated carbocycles. The van der Waals surface area contributed by atoms with E-state index >= 15 is 0 Å². The second-order valence-corrected chi connectivity index (χ2v) is 7.99. The van der Waals surface area contributed by atoms with Gasteiger partial charge in [0.25, 0.3) is 0 Å². The first-order valence-electron chi connectivity index (χ1n) is 7.70. The van der Waals surface area contributed by atoms with Crippen molar-refractivity contribution in [2.45, 2.75) is 63.1 Å². The third kappa shape index (κ3) is 3.59. The molecule has 2 rings (SSSR count). The normalized spacial score (nSPS) is 45.4. The van der Waals surface area contributed by atoms with Gasteiger partial charge in [0.05, 0.1) is 12.0 Å². The van der Waals surface area contributed by atoms with Gasteiger partial charge in [0.15, 0.2) is 0 Å². The van der Waals surface area contributed by atoms with E-state index in [1.807, 2.05) is 0 Å². The van der Waals surface area contributed by atoms with E-state index in [4.69, 9.17) is 23.2 Å². The van der Waals surface area contributed by atoms with E-state index in [2.05, 4.69) is 19.9 Å². The summed E-state index contributed by atoms with van der Waals surface area (Å²) in [5.74, 6) is 2.30. The summed E-state index contributed by atoms with van der Waals surface area (Å²) in [6.45, 7) is 4.56. The molecular formula is C16H25Cl2N. The molecule has 5 atom stereocenters. The van der Waals surface area contributed by atoms with Crippen LogP contribution in [0.3, 0.4) is 0 Å². The first-order valence-corrected chi connectivity index (χ1v) is 8.58. The van der Waals surface area contributed by atoms with Crippen molar-refractivity contribution in [3.05, 3.63) is 0 Å². The van der Waals surface area contributed by atoms with Gasteiger partial charge in [-0.15, -0.1) is 23.2 Å². The predicted octanol–water partition coefficient (Wildman–Crippen LogP) is 5.21. The standard InChI is InChI=1S/C16H25Cl2N/c1-10-7-11(2)16(15(18)8-10)14(9-19)12-3-5-13(17)6-4-12/h10-16H,3-8H2,1-2H3. The van der Waals surface area contributed by atoms with Crippen LogP contribution in [0.15, 0.2) is 0 Å². The number of halogens is 2. The number of alkyl halides is 2. The lowest BCUT2D eigenvalue weighted by molar-refractivity contribution is 0.121. The maximum atomic E-state index is 9.66. The summed E-state index contributed by atoms with van der Waals surface area (Å²) >= 11 is 12.8. The van der Waals surface area contributed by atoms with Gasteiger partial charge in [-0.05, 0) is 62.2 Å². The molecule has 0 amide bonds. The molecule has 0 aliphatic heterocycles. The van der Waals surface area contributed by atoms with E-state index in [9.17, 15) is 5.26 Å². The summed E-state index contributed by atoms with van der Waals surface area (Å²) in [7, 11) is 0. The molecule has 0 aromatic heterocycles. The first-order chi connectivity index (χ1) is 9.02. The third-order valence-corrected chi connectivity index (χ3v) is 6.15. The van der Waals surface area contributed by atoms with Crippen LogP contribution in [-0.2, 0) is 0 Å². The Morgan fingerprint density at radius 3 is 2.21 bits per heavy atom. The molecule has 3 heteroatoms. The summed E-state index contributed by atoms with van der Waals surface area (Å²) in [4.78, 5) is 0. The van der Waals surface area contributed by atoms with Crippen molar-refractivity contribution in [2.24, 2.45) is 29.6 Å². The Morgan fingerprint density at radius 2 is 1.68 bits per heavy atom. The van der Waals surface area contributed by atoms with Crippen LogP contribution in [0.5, 0.6) is 0 Å². The average molecular weight is 302 g/mol. The Bertz CT molecular complexity index is 318. The first kappa shape index (κ1) is 15.5. The second kappa shape index (κ2) is 6.68. The molecule has 0 N–H and O–H groups in total. The quantitative estimate of drug-likeness (QED) is 0.642. The van der Waals surface area contributed by atoms with Crippen LogP contribution >= 0.6 is 23.2 Å². The van der Waals surface area contributed by atoms with Crippen molar-refractivity contribution in [3.63, 3.8) is 0 Å². The van der Waals surface area contributed by atoms with E-state index in [-0.39, 0.29) is 11.3 Å². The molecule has 2 aliphatic carbocycles. The molecule has 0 aromatic carbocycles. The Labute approximate surface area is 127 Å². The predicted molar refractivity (Wildman–Crippen MR) is 81.4 cm³/mol. The zero-order valence-electron chi connectivity index (χ0n) is 12.0. The molecule has 2 fully saturated rings. The van der Waals surface area contributed by atoms with Crippen molar-refractivity contribution in [2.75, 3.05) is 0 Å². The van der Waals surface area contributed by atoms with Gasteiger partial charge < -0.3 is 0 Å². The third-order valence-electron chi connectivity index (χ3n) is 5.25. The molecule has 0 bridgehead atoms. The van der Waals surface area contributed by atoms with Gasteiger partial charge in [-0.25, -0.2) is 0 Å². The summed E-state index contributed by atoms with van der Waals surface area (Å²) in [6.07, 6.45) is 6.63. The van der Waals surface area contributed by atoms with Crippen molar-refractivity contribution >= 4 is 23.2 Å². The molecule has 19 heavy (non-hydrogen) atoms. The molecule has 0 aromatic rings. The smallest absolute Gasteiger partial charge is 0.0662 e. The lowest BCUT2D eigenvalue weighted by atomic mass is 9.64. The summed E-state index contributed by atoms with van der Waals surface area (Å²) in [5.41, 5.74) is 0. The Morgan fingerprint density at radius 1 is 1.05 bits per heavy atom. The molecule has 0 spiro atoms. The summed E-state index contributed by atoms with van der Waals surface area (Å²) in [6, 6.07) is 2.60.